The average molecular weight is 228 g/mol. The number of hydrogen-bond acceptors (Lipinski definition) is 5. The summed E-state index contributed by atoms with van der Waals surface area (Å²) in [5, 5.41) is 7.42. The first-order chi connectivity index (χ1) is 7.43. The van der Waals surface area contributed by atoms with Crippen LogP contribution in [0.1, 0.15) is 6.92 Å². The van der Waals surface area contributed by atoms with Crippen LogP contribution < -0.4 is 0 Å². The zero-order chi connectivity index (χ0) is 13.0. The Kier molecular flexibility index (Phi) is 10.8. The van der Waals surface area contributed by atoms with Crippen LogP contribution >= 0.6 is 0 Å². The van der Waals surface area contributed by atoms with E-state index in [1.54, 1.807) is 0 Å². The van der Waals surface area contributed by atoms with Gasteiger partial charge < -0.3 is 14.6 Å². The van der Waals surface area contributed by atoms with Gasteiger partial charge in [-0.2, -0.15) is 0 Å². The molecule has 0 aliphatic rings. The molecule has 16 heavy (non-hydrogen) atoms. The summed E-state index contributed by atoms with van der Waals surface area (Å²) in [6, 6.07) is 0. The average Bonchev–Trinajstić information content (AvgIpc) is 2.15. The second-order valence-corrected chi connectivity index (χ2v) is 2.06. The lowest BCUT2D eigenvalue weighted by molar-refractivity contribution is -0.135. The van der Waals surface area contributed by atoms with Gasteiger partial charge in [0.2, 0.25) is 0 Å². The van der Waals surface area contributed by atoms with Crippen LogP contribution in [-0.4, -0.2) is 23.0 Å². The predicted molar refractivity (Wildman–Crippen MR) is 55.0 cm³/mol. The van der Waals surface area contributed by atoms with Crippen molar-refractivity contribution in [2.75, 3.05) is 0 Å². The maximum atomic E-state index is 10.5. The van der Waals surface area contributed by atoms with Gasteiger partial charge in [-0.05, 0) is 0 Å². The monoisotopic (exact) mass is 228 g/mol. The van der Waals surface area contributed by atoms with Crippen LogP contribution in [0.5, 0.6) is 0 Å². The molecule has 0 atom stereocenters. The molecule has 88 valence electrons. The number of carbonyl (C=O) groups is 3. The lowest BCUT2D eigenvalue weighted by Crippen LogP contribution is -1.98. The molecule has 0 heterocycles. The van der Waals surface area contributed by atoms with Crippen molar-refractivity contribution in [1.29, 1.82) is 0 Å². The molecule has 0 radical (unpaired) electrons. The zero-order valence-corrected chi connectivity index (χ0v) is 8.71. The Hall–Kier alpha value is -2.37. The van der Waals surface area contributed by atoms with Gasteiger partial charge >= 0.3 is 11.9 Å². The maximum absolute atomic E-state index is 10.5. The molecule has 0 rings (SSSR count). The molecule has 0 bridgehead atoms. The fraction of sp³-hybridized carbons (Fsp3) is 0.100. The molecule has 0 amide bonds. The molecule has 1 N–H and O–H groups in total. The fourth-order valence-electron chi connectivity index (χ4n) is 0.379. The van der Waals surface area contributed by atoms with E-state index >= 15 is 0 Å². The van der Waals surface area contributed by atoms with Gasteiger partial charge in [0.05, 0.1) is 12.5 Å². The highest BCUT2D eigenvalue weighted by Gasteiger charge is 1.96. The van der Waals surface area contributed by atoms with E-state index in [2.05, 4.69) is 22.6 Å². The van der Waals surface area contributed by atoms with Crippen molar-refractivity contribution >= 4 is 17.9 Å². The Balaban J connectivity index is 0. The smallest absolute Gasteiger partial charge is 0.335 e. The Morgan fingerprint density at radius 2 is 1.25 bits per heavy atom. The summed E-state index contributed by atoms with van der Waals surface area (Å²) in [5.74, 6) is -2.21. The Morgan fingerprint density at radius 1 is 1.00 bits per heavy atom. The Labute approximate surface area is 92.5 Å². The first-order valence-corrected chi connectivity index (χ1v) is 3.94. The number of rotatable bonds is 4. The molecule has 6 nitrogen and oxygen atoms in total. The van der Waals surface area contributed by atoms with Gasteiger partial charge in [0.25, 0.3) is 5.97 Å². The summed E-state index contributed by atoms with van der Waals surface area (Å²) >= 11 is 0. The number of esters is 2. The second kappa shape index (κ2) is 10.7. The van der Waals surface area contributed by atoms with E-state index in [-0.39, 0.29) is 0 Å². The van der Waals surface area contributed by atoms with Gasteiger partial charge in [-0.15, -0.1) is 0 Å². The summed E-state index contributed by atoms with van der Waals surface area (Å²) < 4.78 is 8.55. The molecular formula is C10H12O6. The van der Waals surface area contributed by atoms with Gasteiger partial charge in [0, 0.05) is 19.1 Å². The molecule has 0 fully saturated rings. The summed E-state index contributed by atoms with van der Waals surface area (Å²) in [4.78, 5) is 30.1. The van der Waals surface area contributed by atoms with Gasteiger partial charge in [0.15, 0.2) is 0 Å². The van der Waals surface area contributed by atoms with Crippen molar-refractivity contribution in [3.05, 3.63) is 37.8 Å². The Morgan fingerprint density at radius 3 is 1.44 bits per heavy atom. The molecule has 0 aliphatic carbocycles. The number of aliphatic carboxylic acids is 1. The van der Waals surface area contributed by atoms with E-state index in [0.29, 0.717) is 0 Å². The fourth-order valence-corrected chi connectivity index (χ4v) is 0.379. The minimum atomic E-state index is -0.833. The standard InChI is InChI=1S/C8H8O4.C2H4O2/c1-3-11-7(9)5-6-8(10)12-4-2;1-2(3)4/h3-6H,1-2H2;1H3,(H,3,4)/b6-5+;. The minimum absolute atomic E-state index is 0.689. The highest BCUT2D eigenvalue weighted by Crippen LogP contribution is 1.85. The normalized spacial score (nSPS) is 8.31. The lowest BCUT2D eigenvalue weighted by atomic mass is 10.5. The maximum Gasteiger partial charge on any atom is 0.335 e. The second-order valence-electron chi connectivity index (χ2n) is 2.06. The van der Waals surface area contributed by atoms with Gasteiger partial charge in [-0.25, -0.2) is 9.59 Å². The number of carboxylic acid groups (broad SMARTS) is 1. The minimum Gasteiger partial charge on any atom is -0.481 e. The molecule has 0 aromatic carbocycles. The van der Waals surface area contributed by atoms with Gasteiger partial charge in [-0.3, -0.25) is 4.79 Å². The van der Waals surface area contributed by atoms with E-state index in [1.807, 2.05) is 0 Å². The van der Waals surface area contributed by atoms with E-state index in [4.69, 9.17) is 9.90 Å². The van der Waals surface area contributed by atoms with Crippen LogP contribution in [0.4, 0.5) is 0 Å². The molecule has 0 unspecified atom stereocenters. The number of hydrogen-bond donors (Lipinski definition) is 1. The van der Waals surface area contributed by atoms with E-state index in [1.165, 1.54) is 0 Å². The quantitative estimate of drug-likeness (QED) is 0.438. The number of ether oxygens (including phenoxy) is 2. The van der Waals surface area contributed by atoms with E-state index in [0.717, 1.165) is 31.6 Å². The van der Waals surface area contributed by atoms with Crippen LogP contribution in [0.25, 0.3) is 0 Å². The molecule has 0 saturated heterocycles. The van der Waals surface area contributed by atoms with Crippen molar-refractivity contribution in [2.24, 2.45) is 0 Å². The van der Waals surface area contributed by atoms with Crippen molar-refractivity contribution in [3.63, 3.8) is 0 Å². The predicted octanol–water partition coefficient (Wildman–Crippen LogP) is 1.01. The zero-order valence-electron chi connectivity index (χ0n) is 8.71. The molecule has 0 aliphatic heterocycles. The van der Waals surface area contributed by atoms with Crippen LogP contribution in [0.3, 0.4) is 0 Å². The number of carbonyl (C=O) groups excluding carboxylic acids is 2. The first kappa shape index (κ1) is 16.1. The van der Waals surface area contributed by atoms with Crippen molar-refractivity contribution in [3.8, 4) is 0 Å². The molecule has 0 aromatic rings. The third-order valence-electron chi connectivity index (χ3n) is 0.754. The molecule has 0 spiro atoms. The molecular weight excluding hydrogens is 216 g/mol. The third kappa shape index (κ3) is 17.6. The van der Waals surface area contributed by atoms with E-state index < -0.39 is 17.9 Å². The van der Waals surface area contributed by atoms with Gasteiger partial charge in [0.1, 0.15) is 0 Å². The highest BCUT2D eigenvalue weighted by atomic mass is 16.5. The summed E-state index contributed by atoms with van der Waals surface area (Å²) in [7, 11) is 0. The lowest BCUT2D eigenvalue weighted by Gasteiger charge is -1.90. The summed E-state index contributed by atoms with van der Waals surface area (Å²) in [6.07, 6.45) is 3.78. The molecule has 6 heteroatoms. The largest absolute Gasteiger partial charge is 0.481 e. The van der Waals surface area contributed by atoms with E-state index in [9.17, 15) is 9.59 Å². The third-order valence-corrected chi connectivity index (χ3v) is 0.754. The first-order valence-electron chi connectivity index (χ1n) is 3.94. The van der Waals surface area contributed by atoms with Crippen LogP contribution in [0, 0.1) is 0 Å². The van der Waals surface area contributed by atoms with Crippen LogP contribution in [0.15, 0.2) is 37.8 Å². The summed E-state index contributed by atoms with van der Waals surface area (Å²) in [5.41, 5.74) is 0. The van der Waals surface area contributed by atoms with Crippen LogP contribution in [-0.2, 0) is 23.9 Å². The molecule has 0 aromatic heterocycles. The van der Waals surface area contributed by atoms with Crippen molar-refractivity contribution < 1.29 is 29.0 Å². The van der Waals surface area contributed by atoms with Gasteiger partial charge in [-0.1, -0.05) is 13.2 Å². The van der Waals surface area contributed by atoms with Crippen LogP contribution in [0.2, 0.25) is 0 Å². The summed E-state index contributed by atoms with van der Waals surface area (Å²) in [6.45, 7) is 7.39. The van der Waals surface area contributed by atoms with Crippen molar-refractivity contribution in [1.82, 2.24) is 0 Å². The highest BCUT2D eigenvalue weighted by molar-refractivity contribution is 5.92. The number of carboxylic acids is 1. The topological polar surface area (TPSA) is 89.9 Å². The SMILES string of the molecule is C=COC(=O)/C=C/C(=O)OC=C.CC(=O)O. The van der Waals surface area contributed by atoms with Crippen molar-refractivity contribution in [2.45, 2.75) is 6.92 Å². The molecule has 0 saturated carbocycles. The Bertz CT molecular complexity index is 274.